The lowest BCUT2D eigenvalue weighted by molar-refractivity contribution is -0.0881. The van der Waals surface area contributed by atoms with Gasteiger partial charge in [0.2, 0.25) is 0 Å². The van der Waals surface area contributed by atoms with E-state index in [4.69, 9.17) is 9.47 Å². The van der Waals surface area contributed by atoms with Gasteiger partial charge in [-0.1, -0.05) is 6.58 Å². The van der Waals surface area contributed by atoms with E-state index >= 15 is 0 Å². The molecule has 0 spiro atoms. The topological polar surface area (TPSA) is 21.7 Å². The van der Waals surface area contributed by atoms with Gasteiger partial charge in [-0.2, -0.15) is 0 Å². The highest BCUT2D eigenvalue weighted by Crippen LogP contribution is 2.47. The highest BCUT2D eigenvalue weighted by atomic mass is 16.5. The molecule has 2 rings (SSSR count). The molecular formula is C14H25NO2. The molecule has 98 valence electrons. The summed E-state index contributed by atoms with van der Waals surface area (Å²) in [6.07, 6.45) is 3.40. The molecule has 1 aliphatic heterocycles. The van der Waals surface area contributed by atoms with E-state index in [0.29, 0.717) is 17.6 Å². The molecule has 0 radical (unpaired) electrons. The van der Waals surface area contributed by atoms with Crippen molar-refractivity contribution in [3.05, 3.63) is 12.3 Å². The van der Waals surface area contributed by atoms with Crippen molar-refractivity contribution < 1.29 is 9.47 Å². The first-order chi connectivity index (χ1) is 7.99. The number of allylic oxidation sites excluding steroid dienone is 1. The molecule has 0 unspecified atom stereocenters. The molecule has 3 heteroatoms. The summed E-state index contributed by atoms with van der Waals surface area (Å²) in [7, 11) is 0. The van der Waals surface area contributed by atoms with Gasteiger partial charge in [0, 0.05) is 25.0 Å². The van der Waals surface area contributed by atoms with Gasteiger partial charge >= 0.3 is 0 Å². The van der Waals surface area contributed by atoms with Gasteiger partial charge < -0.3 is 9.47 Å². The lowest BCUT2D eigenvalue weighted by atomic mass is 10.0. The van der Waals surface area contributed by atoms with Gasteiger partial charge in [-0.3, -0.25) is 4.90 Å². The number of rotatable bonds is 7. The van der Waals surface area contributed by atoms with Crippen LogP contribution in [-0.4, -0.2) is 43.3 Å². The molecule has 3 nitrogen and oxygen atoms in total. The van der Waals surface area contributed by atoms with Crippen LogP contribution in [0.3, 0.4) is 0 Å². The monoisotopic (exact) mass is 239 g/mol. The Labute approximate surface area is 105 Å². The van der Waals surface area contributed by atoms with Crippen molar-refractivity contribution in [2.24, 2.45) is 5.41 Å². The van der Waals surface area contributed by atoms with Crippen LogP contribution < -0.4 is 0 Å². The van der Waals surface area contributed by atoms with E-state index in [1.165, 1.54) is 12.8 Å². The number of hydrogen-bond acceptors (Lipinski definition) is 3. The quantitative estimate of drug-likeness (QED) is 0.637. The fourth-order valence-electron chi connectivity index (χ4n) is 2.40. The minimum Gasteiger partial charge on any atom is -0.498 e. The van der Waals surface area contributed by atoms with Crippen molar-refractivity contribution in [2.45, 2.75) is 45.8 Å². The smallest absolute Gasteiger partial charge is 0.0945 e. The molecule has 2 fully saturated rings. The Hall–Kier alpha value is -0.540. The fourth-order valence-corrected chi connectivity index (χ4v) is 2.40. The van der Waals surface area contributed by atoms with Crippen LogP contribution in [0.1, 0.15) is 33.6 Å². The maximum atomic E-state index is 5.76. The third-order valence-electron chi connectivity index (χ3n) is 3.53. The second-order valence-electron chi connectivity index (χ2n) is 5.99. The van der Waals surface area contributed by atoms with Gasteiger partial charge in [0.1, 0.15) is 0 Å². The molecule has 0 aromatic carbocycles. The molecule has 0 N–H and O–H groups in total. The van der Waals surface area contributed by atoms with Crippen molar-refractivity contribution in [1.82, 2.24) is 4.90 Å². The van der Waals surface area contributed by atoms with Gasteiger partial charge in [0.05, 0.1) is 24.6 Å². The highest BCUT2D eigenvalue weighted by molar-refractivity contribution is 4.99. The normalized spacial score (nSPS) is 23.5. The third kappa shape index (κ3) is 3.71. The Morgan fingerprint density at radius 2 is 2.06 bits per heavy atom. The Morgan fingerprint density at radius 3 is 2.53 bits per heavy atom. The lowest BCUT2D eigenvalue weighted by Gasteiger charge is -2.41. The van der Waals surface area contributed by atoms with Gasteiger partial charge in [-0.25, -0.2) is 0 Å². The molecular weight excluding hydrogens is 214 g/mol. The molecule has 1 saturated carbocycles. The van der Waals surface area contributed by atoms with E-state index in [9.17, 15) is 0 Å². The number of ether oxygens (including phenoxy) is 2. The second kappa shape index (κ2) is 4.99. The van der Waals surface area contributed by atoms with Crippen molar-refractivity contribution in [2.75, 3.05) is 26.2 Å². The zero-order valence-corrected chi connectivity index (χ0v) is 11.4. The molecule has 0 amide bonds. The summed E-state index contributed by atoms with van der Waals surface area (Å²) < 4.78 is 11.3. The Balaban J connectivity index is 1.64. The summed E-state index contributed by atoms with van der Waals surface area (Å²) in [5, 5.41) is 0. The number of likely N-dealkylation sites (tertiary alicyclic amines) is 1. The van der Waals surface area contributed by atoms with Gasteiger partial charge in [-0.15, -0.1) is 0 Å². The second-order valence-corrected chi connectivity index (χ2v) is 5.99. The molecule has 0 atom stereocenters. The van der Waals surface area contributed by atoms with Crippen molar-refractivity contribution in [3.63, 3.8) is 0 Å². The minimum absolute atomic E-state index is 0.351. The SMILES string of the molecule is C=C(C)OCC1(CN2CC(OC(C)C)C2)CC1. The summed E-state index contributed by atoms with van der Waals surface area (Å²) in [6.45, 7) is 14.1. The van der Waals surface area contributed by atoms with E-state index < -0.39 is 0 Å². The fraction of sp³-hybridized carbons (Fsp3) is 0.857. The average molecular weight is 239 g/mol. The summed E-state index contributed by atoms with van der Waals surface area (Å²) in [4.78, 5) is 2.49. The minimum atomic E-state index is 0.351. The Morgan fingerprint density at radius 1 is 1.41 bits per heavy atom. The molecule has 17 heavy (non-hydrogen) atoms. The van der Waals surface area contributed by atoms with Crippen LogP contribution in [0.4, 0.5) is 0 Å². The molecule has 0 aromatic heterocycles. The molecule has 0 aromatic rings. The Kier molecular flexibility index (Phi) is 3.79. The first-order valence-corrected chi connectivity index (χ1v) is 6.65. The lowest BCUT2D eigenvalue weighted by Crippen LogP contribution is -2.54. The van der Waals surface area contributed by atoms with E-state index in [-0.39, 0.29) is 0 Å². The van der Waals surface area contributed by atoms with Crippen molar-refractivity contribution >= 4 is 0 Å². The first kappa shape index (κ1) is 12.9. The maximum Gasteiger partial charge on any atom is 0.0945 e. The van der Waals surface area contributed by atoms with E-state index in [0.717, 1.165) is 32.0 Å². The zero-order chi connectivity index (χ0) is 12.5. The largest absolute Gasteiger partial charge is 0.498 e. The highest BCUT2D eigenvalue weighted by Gasteiger charge is 2.46. The van der Waals surface area contributed by atoms with Gasteiger partial charge in [-0.05, 0) is 33.6 Å². The van der Waals surface area contributed by atoms with Crippen LogP contribution in [-0.2, 0) is 9.47 Å². The Bertz CT molecular complexity index is 278. The first-order valence-electron chi connectivity index (χ1n) is 6.65. The summed E-state index contributed by atoms with van der Waals surface area (Å²) >= 11 is 0. The average Bonchev–Trinajstić information content (AvgIpc) is 2.92. The molecule has 1 aliphatic carbocycles. The van der Waals surface area contributed by atoms with Crippen LogP contribution in [0.5, 0.6) is 0 Å². The number of nitrogens with zero attached hydrogens (tertiary/aromatic N) is 1. The van der Waals surface area contributed by atoms with Crippen LogP contribution in [0, 0.1) is 5.41 Å². The van der Waals surface area contributed by atoms with Crippen molar-refractivity contribution in [3.8, 4) is 0 Å². The van der Waals surface area contributed by atoms with Crippen LogP contribution in [0.25, 0.3) is 0 Å². The predicted molar refractivity (Wildman–Crippen MR) is 68.9 cm³/mol. The van der Waals surface area contributed by atoms with Gasteiger partial charge in [0.25, 0.3) is 0 Å². The molecule has 1 heterocycles. The van der Waals surface area contributed by atoms with Crippen LogP contribution in [0.2, 0.25) is 0 Å². The maximum absolute atomic E-state index is 5.76. The summed E-state index contributed by atoms with van der Waals surface area (Å²) in [6, 6.07) is 0. The van der Waals surface area contributed by atoms with Crippen LogP contribution in [0.15, 0.2) is 12.3 Å². The van der Waals surface area contributed by atoms with Crippen molar-refractivity contribution in [1.29, 1.82) is 0 Å². The standard InChI is InChI=1S/C14H25NO2/c1-11(2)16-10-14(5-6-14)9-15-7-13(8-15)17-12(3)4/h12-13H,1,5-10H2,2-4H3. The zero-order valence-electron chi connectivity index (χ0n) is 11.4. The number of hydrogen-bond donors (Lipinski definition) is 0. The summed E-state index contributed by atoms with van der Waals surface area (Å²) in [5.74, 6) is 0.834. The molecule has 1 saturated heterocycles. The molecule has 2 aliphatic rings. The van der Waals surface area contributed by atoms with E-state index in [1.54, 1.807) is 0 Å². The third-order valence-corrected chi connectivity index (χ3v) is 3.53. The van der Waals surface area contributed by atoms with Crippen LogP contribution >= 0.6 is 0 Å². The summed E-state index contributed by atoms with van der Waals surface area (Å²) in [5.41, 5.74) is 0.418. The van der Waals surface area contributed by atoms with Gasteiger partial charge in [0.15, 0.2) is 0 Å². The van der Waals surface area contributed by atoms with E-state index in [2.05, 4.69) is 25.3 Å². The molecule has 0 bridgehead atoms. The predicted octanol–water partition coefficient (Wildman–Crippen LogP) is 2.43. The van der Waals surface area contributed by atoms with E-state index in [1.807, 2.05) is 6.92 Å².